The summed E-state index contributed by atoms with van der Waals surface area (Å²) in [4.78, 5) is 11.9. The molecular weight excluding hydrogens is 390 g/mol. The number of carbonyl (C=O) groups is 1. The van der Waals surface area contributed by atoms with Gasteiger partial charge in [0, 0.05) is 0 Å². The number of hydrogen-bond acceptors (Lipinski definition) is 8. The van der Waals surface area contributed by atoms with Crippen LogP contribution in [0.2, 0.25) is 0 Å². The molecule has 3 rings (SSSR count). The van der Waals surface area contributed by atoms with E-state index >= 15 is 0 Å². The van der Waals surface area contributed by atoms with E-state index in [1.807, 2.05) is 49.4 Å². The van der Waals surface area contributed by atoms with E-state index in [2.05, 4.69) is 20.7 Å². The molecule has 1 atom stereocenters. The lowest BCUT2D eigenvalue weighted by Crippen LogP contribution is -2.19. The molecular formula is C20H21N5O3S. The Morgan fingerprint density at radius 2 is 2.03 bits per heavy atom. The fraction of sp³-hybridized carbons (Fsp3) is 0.200. The molecule has 0 aliphatic carbocycles. The van der Waals surface area contributed by atoms with Crippen LogP contribution in [-0.4, -0.2) is 29.4 Å². The lowest BCUT2D eigenvalue weighted by molar-refractivity contribution is -0.120. The van der Waals surface area contributed by atoms with Gasteiger partial charge in [0.1, 0.15) is 11.1 Å². The average molecular weight is 411 g/mol. The minimum atomic E-state index is -0.305. The number of nitrogens with zero attached hydrogens (tertiary/aromatic N) is 3. The Hall–Kier alpha value is -3.46. The number of nitrogens with one attached hydrogen (secondary N) is 1. The third-order valence-electron chi connectivity index (χ3n) is 3.96. The Morgan fingerprint density at radius 1 is 1.24 bits per heavy atom. The summed E-state index contributed by atoms with van der Waals surface area (Å²) in [6, 6.07) is 15.4. The number of carbonyl (C=O) groups excluding carboxylic acids is 1. The number of amides is 1. The Labute approximate surface area is 172 Å². The highest BCUT2D eigenvalue weighted by molar-refractivity contribution is 7.15. The number of aromatic nitrogens is 2. The maximum atomic E-state index is 11.9. The lowest BCUT2D eigenvalue weighted by Gasteiger charge is -2.17. The molecule has 1 aromatic heterocycles. The summed E-state index contributed by atoms with van der Waals surface area (Å²) in [7, 11) is 1.58. The summed E-state index contributed by atoms with van der Waals surface area (Å²) in [6.07, 6.45) is 1.47. The number of benzene rings is 2. The number of anilines is 1. The van der Waals surface area contributed by atoms with Crippen LogP contribution in [0, 0.1) is 0 Å². The molecule has 2 aromatic carbocycles. The second kappa shape index (κ2) is 9.65. The van der Waals surface area contributed by atoms with Gasteiger partial charge in [-0.25, -0.2) is 5.43 Å². The second-order valence-corrected chi connectivity index (χ2v) is 7.18. The van der Waals surface area contributed by atoms with Crippen LogP contribution in [0.25, 0.3) is 0 Å². The second-order valence-electron chi connectivity index (χ2n) is 6.09. The van der Waals surface area contributed by atoms with Gasteiger partial charge in [-0.3, -0.25) is 4.79 Å². The molecule has 3 N–H and O–H groups in total. The van der Waals surface area contributed by atoms with E-state index in [0.717, 1.165) is 11.1 Å². The number of nitrogens with two attached hydrogens (primary N) is 1. The van der Waals surface area contributed by atoms with Crippen LogP contribution in [-0.2, 0) is 11.2 Å². The first kappa shape index (κ1) is 20.3. The van der Waals surface area contributed by atoms with Gasteiger partial charge >= 0.3 is 0 Å². The lowest BCUT2D eigenvalue weighted by atomic mass is 10.1. The van der Waals surface area contributed by atoms with Crippen molar-refractivity contribution in [3.05, 3.63) is 64.7 Å². The first-order valence-electron chi connectivity index (χ1n) is 8.84. The van der Waals surface area contributed by atoms with Crippen LogP contribution < -0.4 is 20.6 Å². The summed E-state index contributed by atoms with van der Waals surface area (Å²) >= 11 is 1.17. The predicted octanol–water partition coefficient (Wildman–Crippen LogP) is 2.96. The topological polar surface area (TPSA) is 112 Å². The van der Waals surface area contributed by atoms with Crippen LogP contribution in [0.15, 0.2) is 53.6 Å². The zero-order valence-electron chi connectivity index (χ0n) is 16.0. The molecule has 8 nitrogen and oxygen atoms in total. The van der Waals surface area contributed by atoms with Crippen molar-refractivity contribution < 1.29 is 14.3 Å². The molecule has 0 aliphatic heterocycles. The van der Waals surface area contributed by atoms with Crippen molar-refractivity contribution in [1.29, 1.82) is 0 Å². The van der Waals surface area contributed by atoms with Crippen molar-refractivity contribution in [2.75, 3.05) is 12.8 Å². The molecule has 0 radical (unpaired) electrons. The first-order valence-corrected chi connectivity index (χ1v) is 9.66. The Bertz CT molecular complexity index is 991. The summed E-state index contributed by atoms with van der Waals surface area (Å²) in [6.45, 7) is 1.98. The summed E-state index contributed by atoms with van der Waals surface area (Å²) < 4.78 is 11.5. The van der Waals surface area contributed by atoms with Crippen molar-refractivity contribution in [2.24, 2.45) is 5.10 Å². The van der Waals surface area contributed by atoms with Gasteiger partial charge < -0.3 is 15.2 Å². The number of ether oxygens (including phenoxy) is 2. The quantitative estimate of drug-likeness (QED) is 0.435. The van der Waals surface area contributed by atoms with Crippen molar-refractivity contribution in [1.82, 2.24) is 15.6 Å². The van der Waals surface area contributed by atoms with E-state index in [0.29, 0.717) is 21.6 Å². The molecule has 9 heteroatoms. The van der Waals surface area contributed by atoms with Crippen molar-refractivity contribution in [3.8, 4) is 11.5 Å². The summed E-state index contributed by atoms with van der Waals surface area (Å²) in [5.74, 6) is 0.896. The monoisotopic (exact) mass is 411 g/mol. The van der Waals surface area contributed by atoms with E-state index in [1.54, 1.807) is 13.2 Å². The zero-order valence-corrected chi connectivity index (χ0v) is 16.8. The van der Waals surface area contributed by atoms with E-state index in [9.17, 15) is 4.79 Å². The number of hydrazone groups is 1. The third-order valence-corrected chi connectivity index (χ3v) is 4.71. The van der Waals surface area contributed by atoms with Crippen LogP contribution in [0.5, 0.6) is 11.5 Å². The smallest absolute Gasteiger partial charge is 0.247 e. The molecule has 150 valence electrons. The van der Waals surface area contributed by atoms with E-state index in [1.165, 1.54) is 17.6 Å². The van der Waals surface area contributed by atoms with Gasteiger partial charge in [-0.15, -0.1) is 10.2 Å². The molecule has 29 heavy (non-hydrogen) atoms. The van der Waals surface area contributed by atoms with E-state index in [-0.39, 0.29) is 18.4 Å². The number of rotatable bonds is 8. The Morgan fingerprint density at radius 3 is 2.72 bits per heavy atom. The third kappa shape index (κ3) is 5.76. The van der Waals surface area contributed by atoms with Gasteiger partial charge in [0.2, 0.25) is 11.0 Å². The van der Waals surface area contributed by atoms with Crippen LogP contribution in [0.1, 0.15) is 29.2 Å². The molecule has 0 aliphatic rings. The van der Waals surface area contributed by atoms with E-state index < -0.39 is 0 Å². The zero-order chi connectivity index (χ0) is 20.6. The van der Waals surface area contributed by atoms with Crippen LogP contribution in [0.3, 0.4) is 0 Å². The highest BCUT2D eigenvalue weighted by atomic mass is 32.1. The van der Waals surface area contributed by atoms with Gasteiger partial charge in [0.25, 0.3) is 0 Å². The van der Waals surface area contributed by atoms with Gasteiger partial charge in [0.15, 0.2) is 11.5 Å². The number of methoxy groups -OCH3 is 1. The highest BCUT2D eigenvalue weighted by Crippen LogP contribution is 2.31. The van der Waals surface area contributed by atoms with Crippen LogP contribution >= 0.6 is 11.3 Å². The van der Waals surface area contributed by atoms with Crippen LogP contribution in [0.4, 0.5) is 5.13 Å². The summed E-state index contributed by atoms with van der Waals surface area (Å²) in [5, 5.41) is 12.3. The van der Waals surface area contributed by atoms with Crippen molar-refractivity contribution in [2.45, 2.75) is 19.4 Å². The van der Waals surface area contributed by atoms with Gasteiger partial charge in [-0.2, -0.15) is 5.10 Å². The fourth-order valence-electron chi connectivity index (χ4n) is 2.54. The average Bonchev–Trinajstić information content (AvgIpc) is 3.14. The predicted molar refractivity (Wildman–Crippen MR) is 112 cm³/mol. The molecule has 1 heterocycles. The maximum Gasteiger partial charge on any atom is 0.247 e. The molecule has 3 aromatic rings. The molecule has 0 fully saturated rings. The van der Waals surface area contributed by atoms with Gasteiger partial charge in [-0.1, -0.05) is 41.7 Å². The SMILES string of the molecule is COc1cc(C=NNC(=O)Cc2nnc(N)s2)ccc1OC(C)c1ccccc1. The molecule has 1 amide bonds. The Kier molecular flexibility index (Phi) is 6.75. The van der Waals surface area contributed by atoms with Gasteiger partial charge in [-0.05, 0) is 36.2 Å². The first-order chi connectivity index (χ1) is 14.0. The minimum absolute atomic E-state index is 0.0691. The highest BCUT2D eigenvalue weighted by Gasteiger charge is 2.11. The number of nitrogen functional groups attached to an aromatic ring is 1. The molecule has 1 unspecified atom stereocenters. The maximum absolute atomic E-state index is 11.9. The standard InChI is InChI=1S/C20H21N5O3S/c1-13(15-6-4-3-5-7-15)28-16-9-8-14(10-17(16)27-2)12-22-23-18(26)11-19-24-25-20(21)29-19/h3-10,12-13H,11H2,1-2H3,(H2,21,25)(H,23,26). The van der Waals surface area contributed by atoms with Gasteiger partial charge in [0.05, 0.1) is 19.7 Å². The fourth-order valence-corrected chi connectivity index (χ4v) is 3.15. The van der Waals surface area contributed by atoms with Crippen molar-refractivity contribution >= 4 is 28.6 Å². The largest absolute Gasteiger partial charge is 0.493 e. The normalized spacial score (nSPS) is 11.9. The molecule has 0 spiro atoms. The Balaban J connectivity index is 1.60. The van der Waals surface area contributed by atoms with E-state index in [4.69, 9.17) is 15.2 Å². The molecule has 0 saturated carbocycles. The number of hydrogen-bond donors (Lipinski definition) is 2. The molecule has 0 saturated heterocycles. The minimum Gasteiger partial charge on any atom is -0.493 e. The van der Waals surface area contributed by atoms with Crippen molar-refractivity contribution in [3.63, 3.8) is 0 Å². The summed E-state index contributed by atoms with van der Waals surface area (Å²) in [5.41, 5.74) is 9.77. The molecule has 0 bridgehead atoms.